The van der Waals surface area contributed by atoms with Crippen molar-refractivity contribution in [2.24, 2.45) is 4.99 Å². The third-order valence-electron chi connectivity index (χ3n) is 5.33. The minimum atomic E-state index is 0.448. The SMILES string of the molecule is C=C(C)CN1CCC(NC(=NC)NCc2ccc(Oc3ccccc3OC)cc2)CC1. The molecule has 0 bridgehead atoms. The number of para-hydroxylation sites is 2. The van der Waals surface area contributed by atoms with Crippen LogP contribution in [0.1, 0.15) is 25.3 Å². The summed E-state index contributed by atoms with van der Waals surface area (Å²) in [5.41, 5.74) is 2.38. The van der Waals surface area contributed by atoms with Crippen molar-refractivity contribution in [3.8, 4) is 17.2 Å². The molecule has 0 saturated carbocycles. The summed E-state index contributed by atoms with van der Waals surface area (Å²) in [6.45, 7) is 9.99. The van der Waals surface area contributed by atoms with Gasteiger partial charge < -0.3 is 20.1 Å². The molecule has 166 valence electrons. The van der Waals surface area contributed by atoms with Gasteiger partial charge in [-0.2, -0.15) is 0 Å². The van der Waals surface area contributed by atoms with Crippen molar-refractivity contribution in [1.82, 2.24) is 15.5 Å². The Hall–Kier alpha value is -2.99. The number of likely N-dealkylation sites (tertiary alicyclic amines) is 1. The first-order valence-electron chi connectivity index (χ1n) is 10.8. The number of hydrogen-bond acceptors (Lipinski definition) is 4. The predicted octanol–water partition coefficient (Wildman–Crippen LogP) is 4.19. The molecule has 2 aromatic carbocycles. The van der Waals surface area contributed by atoms with Crippen LogP contribution in [-0.4, -0.2) is 50.7 Å². The van der Waals surface area contributed by atoms with Crippen molar-refractivity contribution < 1.29 is 9.47 Å². The molecule has 6 heteroatoms. The van der Waals surface area contributed by atoms with Crippen molar-refractivity contribution in [2.45, 2.75) is 32.4 Å². The van der Waals surface area contributed by atoms with E-state index in [2.05, 4.69) is 46.2 Å². The molecular weight excluding hydrogens is 388 g/mol. The fraction of sp³-hybridized carbons (Fsp3) is 0.400. The Morgan fingerprint density at radius 1 is 1.10 bits per heavy atom. The summed E-state index contributed by atoms with van der Waals surface area (Å²) in [4.78, 5) is 6.85. The molecule has 3 rings (SSSR count). The zero-order chi connectivity index (χ0) is 22.1. The molecule has 1 heterocycles. The van der Waals surface area contributed by atoms with Gasteiger partial charge >= 0.3 is 0 Å². The lowest BCUT2D eigenvalue weighted by Crippen LogP contribution is -2.48. The highest BCUT2D eigenvalue weighted by Crippen LogP contribution is 2.30. The lowest BCUT2D eigenvalue weighted by atomic mass is 10.0. The van der Waals surface area contributed by atoms with Crippen LogP contribution in [0.2, 0.25) is 0 Å². The summed E-state index contributed by atoms with van der Waals surface area (Å²) >= 11 is 0. The summed E-state index contributed by atoms with van der Waals surface area (Å²) in [5.74, 6) is 3.04. The highest BCUT2D eigenvalue weighted by molar-refractivity contribution is 5.79. The molecule has 0 aromatic heterocycles. The van der Waals surface area contributed by atoms with Gasteiger partial charge in [0.2, 0.25) is 0 Å². The van der Waals surface area contributed by atoms with Gasteiger partial charge in [-0.15, -0.1) is 0 Å². The van der Waals surface area contributed by atoms with E-state index in [4.69, 9.17) is 9.47 Å². The molecular formula is C25H34N4O2. The number of nitrogens with zero attached hydrogens (tertiary/aromatic N) is 2. The molecule has 0 unspecified atom stereocenters. The van der Waals surface area contributed by atoms with E-state index in [0.29, 0.717) is 24.1 Å². The molecule has 6 nitrogen and oxygen atoms in total. The quantitative estimate of drug-likeness (QED) is 0.379. The molecule has 2 N–H and O–H groups in total. The fourth-order valence-electron chi connectivity index (χ4n) is 3.70. The van der Waals surface area contributed by atoms with Crippen molar-refractivity contribution >= 4 is 5.96 Å². The first-order valence-corrected chi connectivity index (χ1v) is 10.8. The molecule has 0 atom stereocenters. The number of ether oxygens (including phenoxy) is 2. The van der Waals surface area contributed by atoms with Gasteiger partial charge in [0.1, 0.15) is 5.75 Å². The van der Waals surface area contributed by atoms with Gasteiger partial charge in [0, 0.05) is 39.3 Å². The Morgan fingerprint density at radius 2 is 1.77 bits per heavy atom. The highest BCUT2D eigenvalue weighted by atomic mass is 16.5. The van der Waals surface area contributed by atoms with Crippen LogP contribution in [0.25, 0.3) is 0 Å². The number of guanidine groups is 1. The molecule has 1 fully saturated rings. The van der Waals surface area contributed by atoms with E-state index in [0.717, 1.165) is 49.7 Å². The summed E-state index contributed by atoms with van der Waals surface area (Å²) in [6, 6.07) is 16.1. The monoisotopic (exact) mass is 422 g/mol. The first-order chi connectivity index (χ1) is 15.1. The average Bonchev–Trinajstić information content (AvgIpc) is 2.78. The summed E-state index contributed by atoms with van der Waals surface area (Å²) < 4.78 is 11.3. The number of aliphatic imine (C=N–C) groups is 1. The zero-order valence-electron chi connectivity index (χ0n) is 18.9. The molecule has 0 radical (unpaired) electrons. The smallest absolute Gasteiger partial charge is 0.191 e. The van der Waals surface area contributed by atoms with Gasteiger partial charge in [-0.05, 0) is 49.6 Å². The maximum absolute atomic E-state index is 5.94. The normalized spacial score (nSPS) is 15.4. The van der Waals surface area contributed by atoms with Crippen molar-refractivity contribution in [2.75, 3.05) is 33.8 Å². The van der Waals surface area contributed by atoms with Crippen LogP contribution in [0.3, 0.4) is 0 Å². The number of hydrogen-bond donors (Lipinski definition) is 2. The topological polar surface area (TPSA) is 58.1 Å². The standard InChI is InChI=1S/C25H34N4O2/c1-19(2)18-29-15-13-21(14-16-29)28-25(26-3)27-17-20-9-11-22(12-10-20)31-24-8-6-5-7-23(24)30-4/h5-12,21H,1,13-18H2,2-4H3,(H2,26,27,28). The van der Waals surface area contributed by atoms with E-state index >= 15 is 0 Å². The van der Waals surface area contributed by atoms with Crippen molar-refractivity contribution in [3.63, 3.8) is 0 Å². The summed E-state index contributed by atoms with van der Waals surface area (Å²) in [6.07, 6.45) is 2.23. The maximum Gasteiger partial charge on any atom is 0.191 e. The molecule has 31 heavy (non-hydrogen) atoms. The second-order valence-electron chi connectivity index (χ2n) is 7.97. The van der Waals surface area contributed by atoms with E-state index in [1.165, 1.54) is 5.57 Å². The molecule has 0 aliphatic carbocycles. The zero-order valence-corrected chi connectivity index (χ0v) is 18.9. The van der Waals surface area contributed by atoms with Crippen LogP contribution in [0.5, 0.6) is 17.2 Å². The van der Waals surface area contributed by atoms with E-state index < -0.39 is 0 Å². The number of methoxy groups -OCH3 is 1. The Bertz CT molecular complexity index is 871. The lowest BCUT2D eigenvalue weighted by Gasteiger charge is -2.33. The Labute approximate surface area is 186 Å². The number of nitrogens with one attached hydrogen (secondary N) is 2. The minimum absolute atomic E-state index is 0.448. The molecule has 0 amide bonds. The van der Waals surface area contributed by atoms with E-state index in [1.54, 1.807) is 7.11 Å². The molecule has 1 saturated heterocycles. The van der Waals surface area contributed by atoms with Crippen LogP contribution < -0.4 is 20.1 Å². The van der Waals surface area contributed by atoms with Gasteiger partial charge in [0.15, 0.2) is 17.5 Å². The molecule has 1 aliphatic rings. The largest absolute Gasteiger partial charge is 0.493 e. The highest BCUT2D eigenvalue weighted by Gasteiger charge is 2.19. The Morgan fingerprint density at radius 3 is 2.39 bits per heavy atom. The summed E-state index contributed by atoms with van der Waals surface area (Å²) in [5, 5.41) is 6.97. The molecule has 2 aromatic rings. The maximum atomic E-state index is 5.94. The molecule has 0 spiro atoms. The number of benzene rings is 2. The Balaban J connectivity index is 1.46. The predicted molar refractivity (Wildman–Crippen MR) is 127 cm³/mol. The number of rotatable bonds is 8. The van der Waals surface area contributed by atoms with Gasteiger partial charge in [0.05, 0.1) is 7.11 Å². The minimum Gasteiger partial charge on any atom is -0.493 e. The van der Waals surface area contributed by atoms with Gasteiger partial charge in [-0.25, -0.2) is 0 Å². The van der Waals surface area contributed by atoms with Crippen molar-refractivity contribution in [1.29, 1.82) is 0 Å². The lowest BCUT2D eigenvalue weighted by molar-refractivity contribution is 0.221. The van der Waals surface area contributed by atoms with E-state index in [1.807, 2.05) is 43.4 Å². The van der Waals surface area contributed by atoms with Crippen LogP contribution >= 0.6 is 0 Å². The Kier molecular flexibility index (Phi) is 8.35. The second kappa shape index (κ2) is 11.4. The van der Waals surface area contributed by atoms with Crippen LogP contribution in [-0.2, 0) is 6.54 Å². The van der Waals surface area contributed by atoms with E-state index in [9.17, 15) is 0 Å². The summed E-state index contributed by atoms with van der Waals surface area (Å²) in [7, 11) is 3.46. The number of piperidine rings is 1. The molecule has 1 aliphatic heterocycles. The van der Waals surface area contributed by atoms with Crippen molar-refractivity contribution in [3.05, 3.63) is 66.2 Å². The first kappa shape index (κ1) is 22.7. The van der Waals surface area contributed by atoms with Crippen LogP contribution in [0.4, 0.5) is 0 Å². The van der Waals surface area contributed by atoms with Gasteiger partial charge in [-0.3, -0.25) is 9.89 Å². The van der Waals surface area contributed by atoms with Crippen LogP contribution in [0.15, 0.2) is 65.7 Å². The fourth-order valence-corrected chi connectivity index (χ4v) is 3.70. The third kappa shape index (κ3) is 7.03. The van der Waals surface area contributed by atoms with Crippen LogP contribution in [0, 0.1) is 0 Å². The third-order valence-corrected chi connectivity index (χ3v) is 5.33. The van der Waals surface area contributed by atoms with Gasteiger partial charge in [-0.1, -0.05) is 36.4 Å². The van der Waals surface area contributed by atoms with Gasteiger partial charge in [0.25, 0.3) is 0 Å². The second-order valence-corrected chi connectivity index (χ2v) is 7.97. The average molecular weight is 423 g/mol. The van der Waals surface area contributed by atoms with E-state index in [-0.39, 0.29) is 0 Å².